The van der Waals surface area contributed by atoms with Crippen LogP contribution in [-0.4, -0.2) is 30.4 Å². The number of rotatable bonds is 5. The number of amides is 1. The number of hydrogen-bond acceptors (Lipinski definition) is 3. The summed E-state index contributed by atoms with van der Waals surface area (Å²) in [6.45, 7) is 1.10. The minimum absolute atomic E-state index is 0. The summed E-state index contributed by atoms with van der Waals surface area (Å²) in [6, 6.07) is 6.92. The average Bonchev–Trinajstić information content (AvgIpc) is 2.47. The van der Waals surface area contributed by atoms with E-state index in [4.69, 9.17) is 10.00 Å². The van der Waals surface area contributed by atoms with Crippen molar-refractivity contribution < 1.29 is 51.0 Å². The van der Waals surface area contributed by atoms with Crippen molar-refractivity contribution in [2.75, 3.05) is 13.2 Å². The van der Waals surface area contributed by atoms with Crippen molar-refractivity contribution in [3.05, 3.63) is 35.4 Å². The average molecular weight is 394 g/mol. The van der Waals surface area contributed by atoms with Crippen LogP contribution < -0.4 is 4.74 Å². The third-order valence-corrected chi connectivity index (χ3v) is 3.28. The summed E-state index contributed by atoms with van der Waals surface area (Å²) in [5.41, 5.74) is 1.82. The van der Waals surface area contributed by atoms with Crippen LogP contribution in [0.1, 0.15) is 24.0 Å². The molecule has 0 bridgehead atoms. The molecule has 2 rings (SSSR count). The number of nitrogens with zero attached hydrogens (tertiary/aromatic N) is 2. The van der Waals surface area contributed by atoms with Crippen molar-refractivity contribution in [3.63, 3.8) is 0 Å². The zero-order valence-electron chi connectivity index (χ0n) is 12.7. The van der Waals surface area contributed by atoms with Gasteiger partial charge in [-0.1, -0.05) is 6.92 Å². The maximum atomic E-state index is 12.7. The van der Waals surface area contributed by atoms with Gasteiger partial charge in [0, 0.05) is 39.1 Å². The molecule has 1 heterocycles. The molecule has 1 amide bonds. The number of ether oxygens (including phenoxy) is 1. The first-order valence-corrected chi connectivity index (χ1v) is 6.83. The predicted molar refractivity (Wildman–Crippen MR) is 75.9 cm³/mol. The van der Waals surface area contributed by atoms with Crippen LogP contribution in [0, 0.1) is 24.3 Å². The van der Waals surface area contributed by atoms with Crippen LogP contribution in [-0.2, 0) is 37.5 Å². The van der Waals surface area contributed by atoms with E-state index in [9.17, 15) is 13.6 Å². The summed E-state index contributed by atoms with van der Waals surface area (Å²) in [6.07, 6.45) is 1.03. The molecular formula is C16H15F2N2O2Y-. The Morgan fingerprint density at radius 2 is 2.22 bits per heavy atom. The molecule has 23 heavy (non-hydrogen) atoms. The molecule has 0 spiro atoms. The zero-order chi connectivity index (χ0) is 16.1. The molecule has 1 aliphatic rings. The molecule has 0 saturated carbocycles. The third kappa shape index (κ3) is 5.08. The van der Waals surface area contributed by atoms with Crippen molar-refractivity contribution in [2.45, 2.75) is 26.2 Å². The Morgan fingerprint density at radius 3 is 2.83 bits per heavy atom. The maximum absolute atomic E-state index is 12.7. The predicted octanol–water partition coefficient (Wildman–Crippen LogP) is 2.93. The molecular weight excluding hydrogens is 379 g/mol. The number of carbonyl (C=O) groups is 1. The third-order valence-electron chi connectivity index (χ3n) is 3.28. The van der Waals surface area contributed by atoms with E-state index in [1.165, 1.54) is 0 Å². The monoisotopic (exact) mass is 394 g/mol. The van der Waals surface area contributed by atoms with Gasteiger partial charge in [-0.2, -0.15) is 5.26 Å². The first kappa shape index (κ1) is 19.7. The number of carbonyl (C=O) groups excluding carboxylic acids is 1. The molecule has 4 nitrogen and oxygen atoms in total. The molecule has 1 aromatic rings. The molecule has 0 fully saturated rings. The van der Waals surface area contributed by atoms with Gasteiger partial charge in [0.25, 0.3) is 6.43 Å². The van der Waals surface area contributed by atoms with E-state index in [0.717, 1.165) is 10.5 Å². The molecule has 0 aliphatic carbocycles. The topological polar surface area (TPSA) is 53.3 Å². The number of alkyl halides is 2. The van der Waals surface area contributed by atoms with Crippen molar-refractivity contribution in [3.8, 4) is 11.8 Å². The first-order valence-electron chi connectivity index (χ1n) is 6.83. The molecule has 119 valence electrons. The van der Waals surface area contributed by atoms with E-state index in [1.807, 2.05) is 6.07 Å². The molecule has 7 heteroatoms. The van der Waals surface area contributed by atoms with Gasteiger partial charge in [0.05, 0.1) is 6.54 Å². The summed E-state index contributed by atoms with van der Waals surface area (Å²) in [7, 11) is 0. The Labute approximate surface area is 159 Å². The standard InChI is InChI=1S/C16H15F2N2O2.Y/c1-11-9-12(22-8-7-19)5-6-13(11)14-3-2-4-16(21)20(14)10-15(17)18;/h5-6,9,15H,2,4,8,10H2,1H3;/q-1;. The van der Waals surface area contributed by atoms with Crippen LogP contribution in [0.5, 0.6) is 5.75 Å². The number of nitriles is 1. The second-order valence-corrected chi connectivity index (χ2v) is 4.84. The Morgan fingerprint density at radius 1 is 1.48 bits per heavy atom. The van der Waals surface area contributed by atoms with Gasteiger partial charge in [0.15, 0.2) is 6.61 Å². The largest absolute Gasteiger partial charge is 0.479 e. The molecule has 0 atom stereocenters. The molecule has 1 aromatic carbocycles. The van der Waals surface area contributed by atoms with Crippen molar-refractivity contribution in [1.82, 2.24) is 4.90 Å². The number of aryl methyl sites for hydroxylation is 1. The van der Waals surface area contributed by atoms with Crippen LogP contribution in [0.25, 0.3) is 5.70 Å². The van der Waals surface area contributed by atoms with Crippen LogP contribution in [0.15, 0.2) is 18.2 Å². The van der Waals surface area contributed by atoms with Crippen LogP contribution in [0.3, 0.4) is 0 Å². The van der Waals surface area contributed by atoms with E-state index in [-0.39, 0.29) is 51.6 Å². The van der Waals surface area contributed by atoms with Crippen LogP contribution >= 0.6 is 0 Å². The summed E-state index contributed by atoms with van der Waals surface area (Å²) >= 11 is 0. The van der Waals surface area contributed by atoms with Crippen LogP contribution in [0.4, 0.5) is 8.78 Å². The Hall–Kier alpha value is -1.32. The zero-order valence-corrected chi connectivity index (χ0v) is 15.5. The molecule has 1 radical (unpaired) electrons. The normalized spacial score (nSPS) is 14.1. The Balaban J connectivity index is 0.00000264. The van der Waals surface area contributed by atoms with E-state index >= 15 is 0 Å². The van der Waals surface area contributed by atoms with E-state index in [2.05, 4.69) is 6.08 Å². The van der Waals surface area contributed by atoms with Crippen molar-refractivity contribution in [1.29, 1.82) is 5.26 Å². The van der Waals surface area contributed by atoms with Gasteiger partial charge in [-0.25, -0.2) is 14.9 Å². The molecule has 0 aromatic heterocycles. The number of halogens is 2. The first-order chi connectivity index (χ1) is 10.5. The van der Waals surface area contributed by atoms with Crippen molar-refractivity contribution >= 4 is 11.6 Å². The molecule has 0 N–H and O–H groups in total. The second kappa shape index (κ2) is 9.10. The maximum Gasteiger partial charge on any atom is 0.256 e. The summed E-state index contributed by atoms with van der Waals surface area (Å²) in [5.74, 6) is 0.198. The minimum Gasteiger partial charge on any atom is -0.479 e. The fourth-order valence-electron chi connectivity index (χ4n) is 2.32. The SMILES string of the molecule is Cc1cc(OCC#N)ccc1C1=[C-]CCC(=O)N1CC(F)F.[Y]. The van der Waals surface area contributed by atoms with Crippen molar-refractivity contribution in [2.24, 2.45) is 0 Å². The second-order valence-electron chi connectivity index (χ2n) is 4.84. The van der Waals surface area contributed by atoms with E-state index < -0.39 is 13.0 Å². The van der Waals surface area contributed by atoms with Gasteiger partial charge in [-0.15, -0.1) is 29.3 Å². The molecule has 1 aliphatic heterocycles. The quantitative estimate of drug-likeness (QED) is 0.722. The van der Waals surface area contributed by atoms with Gasteiger partial charge >= 0.3 is 0 Å². The fraction of sp³-hybridized carbons (Fsp3) is 0.375. The van der Waals surface area contributed by atoms with Gasteiger partial charge in [0.2, 0.25) is 5.91 Å². The van der Waals surface area contributed by atoms with E-state index in [0.29, 0.717) is 23.4 Å². The van der Waals surface area contributed by atoms with Gasteiger partial charge in [-0.05, 0) is 12.1 Å². The fourth-order valence-corrected chi connectivity index (χ4v) is 2.32. The summed E-state index contributed by atoms with van der Waals surface area (Å²) in [5, 5.41) is 8.50. The Bertz CT molecular complexity index is 641. The number of benzene rings is 1. The van der Waals surface area contributed by atoms with Gasteiger partial charge in [-0.3, -0.25) is 4.79 Å². The number of hydrogen-bond donors (Lipinski definition) is 0. The van der Waals surface area contributed by atoms with Crippen LogP contribution in [0.2, 0.25) is 0 Å². The molecule has 0 saturated heterocycles. The smallest absolute Gasteiger partial charge is 0.256 e. The minimum atomic E-state index is -2.60. The summed E-state index contributed by atoms with van der Waals surface area (Å²) < 4.78 is 30.6. The van der Waals surface area contributed by atoms with E-state index in [1.54, 1.807) is 25.1 Å². The van der Waals surface area contributed by atoms with Gasteiger partial charge in [0.1, 0.15) is 11.8 Å². The Kier molecular flexibility index (Phi) is 7.80. The number of allylic oxidation sites excluding steroid dienone is 1. The van der Waals surface area contributed by atoms with Gasteiger partial charge < -0.3 is 9.64 Å². The summed E-state index contributed by atoms with van der Waals surface area (Å²) in [4.78, 5) is 13.0. The molecule has 0 unspecified atom stereocenters.